The Morgan fingerprint density at radius 2 is 2.17 bits per heavy atom. The van der Waals surface area contributed by atoms with Crippen LogP contribution in [-0.4, -0.2) is 4.98 Å². The molecular formula is C13H14BrClN2S. The van der Waals surface area contributed by atoms with Crippen molar-refractivity contribution in [1.82, 2.24) is 4.98 Å². The topological polar surface area (TPSA) is 38.9 Å². The van der Waals surface area contributed by atoms with Gasteiger partial charge in [0.25, 0.3) is 0 Å². The average molecular weight is 346 g/mol. The smallest absolute Gasteiger partial charge is 0.0949 e. The monoisotopic (exact) mass is 344 g/mol. The Balaban J connectivity index is 2.16. The highest BCUT2D eigenvalue weighted by atomic mass is 79.9. The molecule has 0 fully saturated rings. The molecular weight excluding hydrogens is 332 g/mol. The summed E-state index contributed by atoms with van der Waals surface area (Å²) < 4.78 is 0.890. The Hall–Kier alpha value is -0.420. The zero-order valence-electron chi connectivity index (χ0n) is 10.2. The van der Waals surface area contributed by atoms with Gasteiger partial charge in [0.05, 0.1) is 15.7 Å². The van der Waals surface area contributed by atoms with Crippen molar-refractivity contribution in [3.8, 4) is 0 Å². The summed E-state index contributed by atoms with van der Waals surface area (Å²) in [6.07, 6.45) is 0.747. The molecule has 2 N–H and O–H groups in total. The standard InChI is InChI=1S/C13H14BrClN2S/c1-7-8(2)18-13(17-7)6-12(16)9-3-4-10(14)11(15)5-9/h3-5,12H,6,16H2,1-2H3. The number of aryl methyl sites for hydroxylation is 2. The Morgan fingerprint density at radius 1 is 1.44 bits per heavy atom. The maximum Gasteiger partial charge on any atom is 0.0949 e. The lowest BCUT2D eigenvalue weighted by Crippen LogP contribution is -2.13. The molecule has 2 aromatic rings. The second-order valence-electron chi connectivity index (χ2n) is 4.23. The van der Waals surface area contributed by atoms with E-state index in [0.29, 0.717) is 5.02 Å². The van der Waals surface area contributed by atoms with E-state index < -0.39 is 0 Å². The van der Waals surface area contributed by atoms with Gasteiger partial charge >= 0.3 is 0 Å². The quantitative estimate of drug-likeness (QED) is 0.894. The largest absolute Gasteiger partial charge is 0.324 e. The number of benzene rings is 1. The van der Waals surface area contributed by atoms with Crippen molar-refractivity contribution in [2.45, 2.75) is 26.3 Å². The highest BCUT2D eigenvalue weighted by Gasteiger charge is 2.12. The van der Waals surface area contributed by atoms with Gasteiger partial charge in [-0.25, -0.2) is 4.98 Å². The van der Waals surface area contributed by atoms with Gasteiger partial charge in [0.15, 0.2) is 0 Å². The van der Waals surface area contributed by atoms with Gasteiger partial charge in [0.1, 0.15) is 0 Å². The van der Waals surface area contributed by atoms with Crippen LogP contribution in [0, 0.1) is 13.8 Å². The molecule has 1 heterocycles. The van der Waals surface area contributed by atoms with Gasteiger partial charge < -0.3 is 5.73 Å². The summed E-state index contributed by atoms with van der Waals surface area (Å²) in [4.78, 5) is 5.77. The minimum atomic E-state index is -0.0689. The second-order valence-corrected chi connectivity index (χ2v) is 6.78. The predicted octanol–water partition coefficient (Wildman–Crippen LogP) is 4.42. The van der Waals surface area contributed by atoms with E-state index in [-0.39, 0.29) is 6.04 Å². The van der Waals surface area contributed by atoms with Crippen LogP contribution in [0.5, 0.6) is 0 Å². The lowest BCUT2D eigenvalue weighted by molar-refractivity contribution is 0.716. The minimum absolute atomic E-state index is 0.0689. The number of aromatic nitrogens is 1. The predicted molar refractivity (Wildman–Crippen MR) is 81.4 cm³/mol. The fraction of sp³-hybridized carbons (Fsp3) is 0.308. The summed E-state index contributed by atoms with van der Waals surface area (Å²) in [5.41, 5.74) is 8.33. The maximum atomic E-state index is 6.20. The van der Waals surface area contributed by atoms with Crippen molar-refractivity contribution in [2.24, 2.45) is 5.73 Å². The molecule has 1 atom stereocenters. The van der Waals surface area contributed by atoms with Crippen LogP contribution in [0.1, 0.15) is 27.2 Å². The van der Waals surface area contributed by atoms with E-state index in [1.54, 1.807) is 11.3 Å². The number of hydrogen-bond acceptors (Lipinski definition) is 3. The lowest BCUT2D eigenvalue weighted by Gasteiger charge is -2.11. The maximum absolute atomic E-state index is 6.20. The molecule has 2 rings (SSSR count). The molecule has 1 aromatic carbocycles. The first-order valence-electron chi connectivity index (χ1n) is 5.61. The third-order valence-electron chi connectivity index (χ3n) is 2.84. The molecule has 0 aliphatic heterocycles. The van der Waals surface area contributed by atoms with E-state index in [4.69, 9.17) is 17.3 Å². The molecule has 0 spiro atoms. The van der Waals surface area contributed by atoms with Crippen LogP contribution in [0.3, 0.4) is 0 Å². The molecule has 2 nitrogen and oxygen atoms in total. The average Bonchev–Trinajstić information content (AvgIpc) is 2.61. The van der Waals surface area contributed by atoms with Crippen LogP contribution < -0.4 is 5.73 Å². The highest BCUT2D eigenvalue weighted by molar-refractivity contribution is 9.10. The van der Waals surface area contributed by atoms with E-state index in [2.05, 4.69) is 27.8 Å². The van der Waals surface area contributed by atoms with Gasteiger partial charge in [-0.3, -0.25) is 0 Å². The summed E-state index contributed by atoms with van der Waals surface area (Å²) in [6, 6.07) is 5.76. The molecule has 18 heavy (non-hydrogen) atoms. The Labute approximate surface area is 124 Å². The molecule has 0 saturated heterocycles. The molecule has 0 amide bonds. The number of rotatable bonds is 3. The van der Waals surface area contributed by atoms with Crippen molar-refractivity contribution in [2.75, 3.05) is 0 Å². The number of hydrogen-bond donors (Lipinski definition) is 1. The molecule has 1 aromatic heterocycles. The van der Waals surface area contributed by atoms with E-state index in [9.17, 15) is 0 Å². The molecule has 1 unspecified atom stereocenters. The summed E-state index contributed by atoms with van der Waals surface area (Å²) in [5.74, 6) is 0. The van der Waals surface area contributed by atoms with Crippen LogP contribution in [0.15, 0.2) is 22.7 Å². The van der Waals surface area contributed by atoms with Crippen LogP contribution in [-0.2, 0) is 6.42 Å². The van der Waals surface area contributed by atoms with Gasteiger partial charge in [-0.1, -0.05) is 17.7 Å². The van der Waals surface area contributed by atoms with Crippen molar-refractivity contribution in [1.29, 1.82) is 0 Å². The number of halogens is 2. The number of thiazole rings is 1. The SMILES string of the molecule is Cc1nc(CC(N)c2ccc(Br)c(Cl)c2)sc1C. The summed E-state index contributed by atoms with van der Waals surface area (Å²) >= 11 is 11.2. The molecule has 96 valence electrons. The van der Waals surface area contributed by atoms with Crippen LogP contribution in [0.2, 0.25) is 5.02 Å². The summed E-state index contributed by atoms with van der Waals surface area (Å²) in [7, 11) is 0. The molecule has 0 saturated carbocycles. The minimum Gasteiger partial charge on any atom is -0.324 e. The van der Waals surface area contributed by atoms with Gasteiger partial charge in [-0.2, -0.15) is 0 Å². The fourth-order valence-electron chi connectivity index (χ4n) is 1.68. The van der Waals surface area contributed by atoms with Crippen molar-refractivity contribution < 1.29 is 0 Å². The molecule has 5 heteroatoms. The van der Waals surface area contributed by atoms with Crippen molar-refractivity contribution in [3.63, 3.8) is 0 Å². The van der Waals surface area contributed by atoms with Crippen molar-refractivity contribution >= 4 is 38.9 Å². The van der Waals surface area contributed by atoms with Crippen LogP contribution in [0.4, 0.5) is 0 Å². The highest BCUT2D eigenvalue weighted by Crippen LogP contribution is 2.27. The van der Waals surface area contributed by atoms with Gasteiger partial charge in [-0.15, -0.1) is 11.3 Å². The molecule has 0 aliphatic carbocycles. The fourth-order valence-corrected chi connectivity index (χ4v) is 3.10. The van der Waals surface area contributed by atoms with Crippen LogP contribution >= 0.6 is 38.9 Å². The zero-order chi connectivity index (χ0) is 13.3. The first-order valence-corrected chi connectivity index (χ1v) is 7.59. The van der Waals surface area contributed by atoms with E-state index in [1.807, 2.05) is 25.1 Å². The molecule has 0 radical (unpaired) electrons. The third kappa shape index (κ3) is 3.12. The van der Waals surface area contributed by atoms with Gasteiger partial charge in [0, 0.05) is 21.8 Å². The van der Waals surface area contributed by atoms with Crippen molar-refractivity contribution in [3.05, 3.63) is 48.8 Å². The first-order chi connectivity index (χ1) is 8.47. The number of nitrogens with two attached hydrogens (primary N) is 1. The van der Waals surface area contributed by atoms with Gasteiger partial charge in [0.2, 0.25) is 0 Å². The Morgan fingerprint density at radius 3 is 2.72 bits per heavy atom. The summed E-state index contributed by atoms with van der Waals surface area (Å²) in [5, 5.41) is 1.77. The molecule has 0 aliphatic rings. The second kappa shape index (κ2) is 5.70. The lowest BCUT2D eigenvalue weighted by atomic mass is 10.1. The van der Waals surface area contributed by atoms with E-state index >= 15 is 0 Å². The molecule has 0 bridgehead atoms. The third-order valence-corrected chi connectivity index (χ3v) is 5.17. The van der Waals surface area contributed by atoms with Crippen LogP contribution in [0.25, 0.3) is 0 Å². The zero-order valence-corrected chi connectivity index (χ0v) is 13.4. The Kier molecular flexibility index (Phi) is 4.43. The summed E-state index contributed by atoms with van der Waals surface area (Å²) in [6.45, 7) is 4.11. The number of nitrogens with zero attached hydrogens (tertiary/aromatic N) is 1. The van der Waals surface area contributed by atoms with E-state index in [1.165, 1.54) is 4.88 Å². The van der Waals surface area contributed by atoms with Gasteiger partial charge in [-0.05, 0) is 47.5 Å². The first kappa shape index (κ1) is 14.0. The normalized spacial score (nSPS) is 12.7. The Bertz CT molecular complexity index is 549. The van der Waals surface area contributed by atoms with E-state index in [0.717, 1.165) is 27.2 Å².